The smallest absolute Gasteiger partial charge is 0.271 e. The van der Waals surface area contributed by atoms with Crippen LogP contribution in [0, 0.1) is 5.92 Å². The van der Waals surface area contributed by atoms with Crippen molar-refractivity contribution in [2.75, 3.05) is 18.0 Å². The van der Waals surface area contributed by atoms with E-state index in [4.69, 9.17) is 17.3 Å². The standard InChI is InChI=1S/C10H13ClN4O2/c11-7-9(13-5-14-10(7)17)15-3-1-6(2-4-15)8(12)16/h5-6H,1-4H2,(H2,12,16)(H,13,14,17). The number of carbonyl (C=O) groups is 1. The predicted octanol–water partition coefficient (Wildman–Crippen LogP) is 0.125. The summed E-state index contributed by atoms with van der Waals surface area (Å²) in [6, 6.07) is 0. The molecule has 0 unspecified atom stereocenters. The Morgan fingerprint density at radius 2 is 2.18 bits per heavy atom. The quantitative estimate of drug-likeness (QED) is 0.786. The molecule has 1 aliphatic rings. The Morgan fingerprint density at radius 1 is 1.53 bits per heavy atom. The summed E-state index contributed by atoms with van der Waals surface area (Å²) in [5.74, 6) is 0.111. The summed E-state index contributed by atoms with van der Waals surface area (Å²) in [5.41, 5.74) is 4.90. The molecular formula is C10H13ClN4O2. The number of hydrogen-bond donors (Lipinski definition) is 2. The molecule has 92 valence electrons. The van der Waals surface area contributed by atoms with Crippen LogP contribution in [0.1, 0.15) is 12.8 Å². The SMILES string of the molecule is NC(=O)C1CCN(c2nc[nH]c(=O)c2Cl)CC1. The topological polar surface area (TPSA) is 92.1 Å². The molecule has 2 rings (SSSR count). The van der Waals surface area contributed by atoms with Crippen LogP contribution < -0.4 is 16.2 Å². The van der Waals surface area contributed by atoms with Crippen LogP contribution >= 0.6 is 11.6 Å². The van der Waals surface area contributed by atoms with Gasteiger partial charge in [-0.05, 0) is 12.8 Å². The van der Waals surface area contributed by atoms with E-state index in [9.17, 15) is 9.59 Å². The second kappa shape index (κ2) is 4.75. The van der Waals surface area contributed by atoms with Gasteiger partial charge < -0.3 is 15.6 Å². The number of amides is 1. The van der Waals surface area contributed by atoms with Gasteiger partial charge in [0.05, 0.1) is 6.33 Å². The molecule has 1 fully saturated rings. The van der Waals surface area contributed by atoms with Crippen LogP contribution in [0.15, 0.2) is 11.1 Å². The Labute approximate surface area is 103 Å². The first-order valence-corrected chi connectivity index (χ1v) is 5.75. The zero-order chi connectivity index (χ0) is 12.4. The highest BCUT2D eigenvalue weighted by molar-refractivity contribution is 6.32. The second-order valence-corrected chi connectivity index (χ2v) is 4.41. The molecule has 2 heterocycles. The minimum absolute atomic E-state index is 0.0880. The van der Waals surface area contributed by atoms with Gasteiger partial charge >= 0.3 is 0 Å². The monoisotopic (exact) mass is 256 g/mol. The van der Waals surface area contributed by atoms with E-state index in [1.165, 1.54) is 6.33 Å². The summed E-state index contributed by atoms with van der Waals surface area (Å²) in [7, 11) is 0. The van der Waals surface area contributed by atoms with E-state index in [2.05, 4.69) is 9.97 Å². The maximum atomic E-state index is 11.3. The van der Waals surface area contributed by atoms with Crippen molar-refractivity contribution in [3.8, 4) is 0 Å². The van der Waals surface area contributed by atoms with Gasteiger partial charge in [0.15, 0.2) is 5.82 Å². The molecule has 0 aliphatic carbocycles. The number of hydrogen-bond acceptors (Lipinski definition) is 4. The highest BCUT2D eigenvalue weighted by atomic mass is 35.5. The molecule has 0 aromatic carbocycles. The van der Waals surface area contributed by atoms with Gasteiger partial charge in [-0.2, -0.15) is 0 Å². The Hall–Kier alpha value is -1.56. The zero-order valence-electron chi connectivity index (χ0n) is 9.15. The molecule has 17 heavy (non-hydrogen) atoms. The van der Waals surface area contributed by atoms with Gasteiger partial charge in [-0.15, -0.1) is 0 Å². The van der Waals surface area contributed by atoms with E-state index < -0.39 is 0 Å². The normalized spacial score (nSPS) is 17.1. The van der Waals surface area contributed by atoms with E-state index in [0.29, 0.717) is 31.7 Å². The molecule has 0 spiro atoms. The lowest BCUT2D eigenvalue weighted by molar-refractivity contribution is -0.122. The molecule has 1 aliphatic heterocycles. The highest BCUT2D eigenvalue weighted by Crippen LogP contribution is 2.24. The highest BCUT2D eigenvalue weighted by Gasteiger charge is 2.25. The van der Waals surface area contributed by atoms with Crippen LogP contribution in [0.4, 0.5) is 5.82 Å². The Bertz CT molecular complexity index is 479. The number of halogens is 1. The number of nitrogens with zero attached hydrogens (tertiary/aromatic N) is 2. The summed E-state index contributed by atoms with van der Waals surface area (Å²) in [6.07, 6.45) is 2.66. The van der Waals surface area contributed by atoms with Crippen LogP contribution in [0.25, 0.3) is 0 Å². The number of aromatic nitrogens is 2. The third-order valence-corrected chi connectivity index (χ3v) is 3.32. The minimum Gasteiger partial charge on any atom is -0.369 e. The molecule has 1 aromatic rings. The average molecular weight is 257 g/mol. The number of piperidine rings is 1. The Kier molecular flexibility index (Phi) is 3.33. The lowest BCUT2D eigenvalue weighted by Gasteiger charge is -2.31. The number of nitrogens with two attached hydrogens (primary N) is 1. The predicted molar refractivity (Wildman–Crippen MR) is 64.0 cm³/mol. The van der Waals surface area contributed by atoms with E-state index in [-0.39, 0.29) is 22.4 Å². The third-order valence-electron chi connectivity index (χ3n) is 2.98. The van der Waals surface area contributed by atoms with Crippen molar-refractivity contribution in [1.29, 1.82) is 0 Å². The summed E-state index contributed by atoms with van der Waals surface area (Å²) >= 11 is 5.89. The molecule has 3 N–H and O–H groups in total. The van der Waals surface area contributed by atoms with E-state index >= 15 is 0 Å². The summed E-state index contributed by atoms with van der Waals surface area (Å²) < 4.78 is 0. The molecular weight excluding hydrogens is 244 g/mol. The van der Waals surface area contributed by atoms with Gasteiger partial charge in [0.1, 0.15) is 5.02 Å². The molecule has 0 bridgehead atoms. The lowest BCUT2D eigenvalue weighted by atomic mass is 9.96. The van der Waals surface area contributed by atoms with Crippen molar-refractivity contribution in [3.63, 3.8) is 0 Å². The molecule has 0 radical (unpaired) electrons. The van der Waals surface area contributed by atoms with Crippen molar-refractivity contribution in [3.05, 3.63) is 21.7 Å². The molecule has 1 aromatic heterocycles. The van der Waals surface area contributed by atoms with Crippen LogP contribution in [0.2, 0.25) is 5.02 Å². The van der Waals surface area contributed by atoms with Gasteiger partial charge in [-0.3, -0.25) is 9.59 Å². The number of aromatic amines is 1. The van der Waals surface area contributed by atoms with Gasteiger partial charge in [0.25, 0.3) is 5.56 Å². The number of rotatable bonds is 2. The first-order chi connectivity index (χ1) is 8.09. The summed E-state index contributed by atoms with van der Waals surface area (Å²) in [6.45, 7) is 1.26. The molecule has 0 saturated carbocycles. The summed E-state index contributed by atoms with van der Waals surface area (Å²) in [5, 5.41) is 0.0880. The van der Waals surface area contributed by atoms with Crippen LogP contribution in [-0.4, -0.2) is 29.0 Å². The fourth-order valence-electron chi connectivity index (χ4n) is 1.97. The molecule has 1 amide bonds. The minimum atomic E-state index is -0.353. The fourth-order valence-corrected chi connectivity index (χ4v) is 2.19. The van der Waals surface area contributed by atoms with Crippen LogP contribution in [0.3, 0.4) is 0 Å². The van der Waals surface area contributed by atoms with Crippen LogP contribution in [-0.2, 0) is 4.79 Å². The van der Waals surface area contributed by atoms with Crippen molar-refractivity contribution < 1.29 is 4.79 Å². The van der Waals surface area contributed by atoms with Crippen molar-refractivity contribution in [2.24, 2.45) is 11.7 Å². The van der Waals surface area contributed by atoms with Gasteiger partial charge in [-0.1, -0.05) is 11.6 Å². The van der Waals surface area contributed by atoms with Gasteiger partial charge in [-0.25, -0.2) is 4.98 Å². The lowest BCUT2D eigenvalue weighted by Crippen LogP contribution is -2.39. The largest absolute Gasteiger partial charge is 0.369 e. The molecule has 0 atom stereocenters. The van der Waals surface area contributed by atoms with Gasteiger partial charge in [0.2, 0.25) is 5.91 Å². The van der Waals surface area contributed by atoms with E-state index in [1.807, 2.05) is 4.90 Å². The second-order valence-electron chi connectivity index (χ2n) is 4.03. The van der Waals surface area contributed by atoms with Crippen molar-refractivity contribution >= 4 is 23.3 Å². The first-order valence-electron chi connectivity index (χ1n) is 5.37. The maximum Gasteiger partial charge on any atom is 0.271 e. The third kappa shape index (κ3) is 2.41. The molecule has 7 heteroatoms. The first kappa shape index (κ1) is 11.9. The van der Waals surface area contributed by atoms with E-state index in [1.54, 1.807) is 0 Å². The number of carbonyl (C=O) groups excluding carboxylic acids is 1. The molecule has 6 nitrogen and oxygen atoms in total. The number of anilines is 1. The number of H-pyrrole nitrogens is 1. The van der Waals surface area contributed by atoms with Crippen molar-refractivity contribution in [2.45, 2.75) is 12.8 Å². The number of primary amides is 1. The fraction of sp³-hybridized carbons (Fsp3) is 0.500. The number of nitrogens with one attached hydrogen (secondary N) is 1. The van der Waals surface area contributed by atoms with Gasteiger partial charge in [0, 0.05) is 19.0 Å². The average Bonchev–Trinajstić information content (AvgIpc) is 2.33. The van der Waals surface area contributed by atoms with Crippen molar-refractivity contribution in [1.82, 2.24) is 9.97 Å². The molecule has 1 saturated heterocycles. The Balaban J connectivity index is 2.13. The van der Waals surface area contributed by atoms with Crippen LogP contribution in [0.5, 0.6) is 0 Å². The maximum absolute atomic E-state index is 11.3. The van der Waals surface area contributed by atoms with E-state index in [0.717, 1.165) is 0 Å². The zero-order valence-corrected chi connectivity index (χ0v) is 9.91. The summed E-state index contributed by atoms with van der Waals surface area (Å²) in [4.78, 5) is 30.7. The Morgan fingerprint density at radius 3 is 2.76 bits per heavy atom.